The molecule has 4 nitrogen and oxygen atoms in total. The van der Waals surface area contributed by atoms with Crippen molar-refractivity contribution in [3.8, 4) is 16.3 Å². The zero-order chi connectivity index (χ0) is 14.2. The smallest absolute Gasteiger partial charge is 0.142 e. The Kier molecular flexibility index (Phi) is 3.00. The van der Waals surface area contributed by atoms with Crippen molar-refractivity contribution in [2.24, 2.45) is 0 Å². The maximum absolute atomic E-state index is 5.43. The zero-order valence-electron chi connectivity index (χ0n) is 11.7. The Bertz CT molecular complexity index is 768. The summed E-state index contributed by atoms with van der Waals surface area (Å²) in [5, 5.41) is 3.54. The summed E-state index contributed by atoms with van der Waals surface area (Å²) >= 11 is 1.54. The second-order valence-electron chi connectivity index (χ2n) is 5.13. The lowest BCUT2D eigenvalue weighted by atomic mass is 10.2. The Balaban J connectivity index is 1.84. The van der Waals surface area contributed by atoms with Crippen LogP contribution in [0.5, 0.6) is 5.75 Å². The molecule has 0 amide bonds. The van der Waals surface area contributed by atoms with Gasteiger partial charge in [-0.15, -0.1) is 0 Å². The van der Waals surface area contributed by atoms with Gasteiger partial charge in [-0.05, 0) is 54.1 Å². The number of fused-ring (bicyclic) bond motifs is 3. The molecule has 0 atom stereocenters. The highest BCUT2D eigenvalue weighted by atomic mass is 32.1. The molecule has 0 saturated carbocycles. The van der Waals surface area contributed by atoms with Gasteiger partial charge in [0.2, 0.25) is 0 Å². The first-order chi connectivity index (χ1) is 10.4. The molecule has 0 fully saturated rings. The summed E-state index contributed by atoms with van der Waals surface area (Å²) in [6.07, 6.45) is 5.08. The number of para-hydroxylation sites is 2. The van der Waals surface area contributed by atoms with E-state index < -0.39 is 0 Å². The molecule has 5 heteroatoms. The van der Waals surface area contributed by atoms with Crippen molar-refractivity contribution in [3.63, 3.8) is 0 Å². The van der Waals surface area contributed by atoms with Crippen LogP contribution in [-0.2, 0) is 12.8 Å². The van der Waals surface area contributed by atoms with E-state index in [0.29, 0.717) is 0 Å². The van der Waals surface area contributed by atoms with Crippen molar-refractivity contribution in [1.29, 1.82) is 0 Å². The molecule has 21 heavy (non-hydrogen) atoms. The molecule has 1 aromatic rings. The molecule has 0 saturated heterocycles. The van der Waals surface area contributed by atoms with E-state index in [0.717, 1.165) is 35.7 Å². The number of hydrogen-bond acceptors (Lipinski definition) is 5. The molecule has 1 aromatic carbocycles. The van der Waals surface area contributed by atoms with Gasteiger partial charge in [0.25, 0.3) is 0 Å². The first-order valence-corrected chi connectivity index (χ1v) is 7.80. The van der Waals surface area contributed by atoms with E-state index in [9.17, 15) is 0 Å². The molecule has 0 unspecified atom stereocenters. The highest BCUT2D eigenvalue weighted by Crippen LogP contribution is 2.47. The number of ether oxygens (including phenoxy) is 1. The molecular formula is C16H15N3OS. The fraction of sp³-hybridized carbons (Fsp3) is 0.250. The highest BCUT2D eigenvalue weighted by molar-refractivity contribution is 7.09. The van der Waals surface area contributed by atoms with Gasteiger partial charge in [0.15, 0.2) is 0 Å². The van der Waals surface area contributed by atoms with Crippen molar-refractivity contribution in [1.82, 2.24) is 9.36 Å². The van der Waals surface area contributed by atoms with Crippen molar-refractivity contribution >= 4 is 22.9 Å². The second kappa shape index (κ2) is 5.00. The summed E-state index contributed by atoms with van der Waals surface area (Å²) in [6, 6.07) is 7.98. The minimum atomic E-state index is 0.844. The van der Waals surface area contributed by atoms with Gasteiger partial charge in [-0.3, -0.25) is 0 Å². The Hall–Kier alpha value is -2.14. The summed E-state index contributed by atoms with van der Waals surface area (Å²) in [6.45, 7) is 0. The quantitative estimate of drug-likeness (QED) is 0.797. The molecule has 1 aliphatic heterocycles. The Morgan fingerprint density at radius 2 is 2.05 bits per heavy atom. The monoisotopic (exact) mass is 297 g/mol. The first kappa shape index (κ1) is 12.6. The Morgan fingerprint density at radius 1 is 1.19 bits per heavy atom. The van der Waals surface area contributed by atoms with Crippen LogP contribution >= 0.6 is 11.5 Å². The number of methoxy groups -OCH3 is 1. The molecule has 2 aliphatic carbocycles. The largest absolute Gasteiger partial charge is 0.495 e. The fourth-order valence-corrected chi connectivity index (χ4v) is 3.84. The number of nitrogens with one attached hydrogen (secondary N) is 1. The average Bonchev–Trinajstić information content (AvgIpc) is 3.11. The van der Waals surface area contributed by atoms with Crippen molar-refractivity contribution in [2.45, 2.75) is 19.3 Å². The maximum atomic E-state index is 5.43. The number of hydrogen-bond donors (Lipinski definition) is 1. The summed E-state index contributed by atoms with van der Waals surface area (Å²) in [5.74, 6) is 0.844. The van der Waals surface area contributed by atoms with Crippen LogP contribution in [0, 0.1) is 0 Å². The van der Waals surface area contributed by atoms with Gasteiger partial charge < -0.3 is 10.1 Å². The molecule has 0 bridgehead atoms. The lowest BCUT2D eigenvalue weighted by Gasteiger charge is -2.12. The van der Waals surface area contributed by atoms with E-state index in [-0.39, 0.29) is 0 Å². The van der Waals surface area contributed by atoms with Gasteiger partial charge in [0.05, 0.1) is 23.4 Å². The van der Waals surface area contributed by atoms with E-state index >= 15 is 0 Å². The third-order valence-corrected chi connectivity index (χ3v) is 4.81. The third-order valence-electron chi connectivity index (χ3n) is 3.99. The minimum absolute atomic E-state index is 0.844. The third kappa shape index (κ3) is 1.96. The molecule has 4 rings (SSSR count). The lowest BCUT2D eigenvalue weighted by molar-refractivity contribution is 0.417. The van der Waals surface area contributed by atoms with Crippen molar-refractivity contribution < 1.29 is 4.74 Å². The second-order valence-corrected chi connectivity index (χ2v) is 5.93. The molecule has 1 heterocycles. The molecule has 0 radical (unpaired) electrons. The number of anilines is 2. The van der Waals surface area contributed by atoms with E-state index in [4.69, 9.17) is 4.74 Å². The lowest BCUT2D eigenvalue weighted by Crippen LogP contribution is -1.97. The van der Waals surface area contributed by atoms with Crippen LogP contribution < -0.4 is 10.1 Å². The number of aromatic nitrogens is 2. The van der Waals surface area contributed by atoms with E-state index in [1.165, 1.54) is 34.0 Å². The maximum Gasteiger partial charge on any atom is 0.142 e. The van der Waals surface area contributed by atoms with Crippen molar-refractivity contribution in [3.05, 3.63) is 41.7 Å². The summed E-state index contributed by atoms with van der Waals surface area (Å²) in [5.41, 5.74) is 5.96. The number of rotatable bonds is 3. The van der Waals surface area contributed by atoms with Gasteiger partial charge in [-0.1, -0.05) is 12.1 Å². The molecule has 0 aromatic heterocycles. The minimum Gasteiger partial charge on any atom is -0.495 e. The zero-order valence-corrected chi connectivity index (χ0v) is 12.5. The molecule has 1 N–H and O–H groups in total. The topological polar surface area (TPSA) is 47.0 Å². The van der Waals surface area contributed by atoms with Crippen LogP contribution in [-0.4, -0.2) is 16.5 Å². The van der Waals surface area contributed by atoms with Gasteiger partial charge in [0.1, 0.15) is 17.8 Å². The Morgan fingerprint density at radius 3 is 2.95 bits per heavy atom. The standard InChI is InChI=1S/C16H15N3OS/c1-20-13-8-3-2-7-12(13)19-14-10-5-4-6-11(10)16-15(14)17-9-18-21-16/h2-3,7-9,19H,4-6H2,1H3. The van der Waals surface area contributed by atoms with Crippen LogP contribution in [0.2, 0.25) is 0 Å². The SMILES string of the molecule is COc1ccccc1Nc1c2ncnsc-2c2c1CCC2. The van der Waals surface area contributed by atoms with Crippen LogP contribution in [0.1, 0.15) is 17.5 Å². The molecule has 3 aliphatic rings. The average molecular weight is 297 g/mol. The van der Waals surface area contributed by atoms with Crippen LogP contribution in [0.3, 0.4) is 0 Å². The van der Waals surface area contributed by atoms with Gasteiger partial charge in [-0.25, -0.2) is 4.98 Å². The van der Waals surface area contributed by atoms with Crippen LogP contribution in [0.15, 0.2) is 30.6 Å². The Labute approximate surface area is 127 Å². The fourth-order valence-electron chi connectivity index (χ4n) is 3.07. The normalized spacial score (nSPS) is 13.4. The summed E-state index contributed by atoms with van der Waals surface area (Å²) in [7, 11) is 1.69. The summed E-state index contributed by atoms with van der Waals surface area (Å²) in [4.78, 5) is 5.72. The first-order valence-electron chi connectivity index (χ1n) is 7.02. The van der Waals surface area contributed by atoms with Gasteiger partial charge in [0, 0.05) is 0 Å². The molecular weight excluding hydrogens is 282 g/mol. The predicted octanol–water partition coefficient (Wildman–Crippen LogP) is 3.88. The predicted molar refractivity (Wildman–Crippen MR) is 84.8 cm³/mol. The van der Waals surface area contributed by atoms with Crippen LogP contribution in [0.4, 0.5) is 11.4 Å². The van der Waals surface area contributed by atoms with E-state index in [1.807, 2.05) is 24.3 Å². The van der Waals surface area contributed by atoms with Gasteiger partial charge in [-0.2, -0.15) is 4.37 Å². The summed E-state index contributed by atoms with van der Waals surface area (Å²) < 4.78 is 9.66. The van der Waals surface area contributed by atoms with Crippen LogP contribution in [0.25, 0.3) is 10.6 Å². The van der Waals surface area contributed by atoms with E-state index in [1.54, 1.807) is 13.4 Å². The van der Waals surface area contributed by atoms with Crippen molar-refractivity contribution in [2.75, 3.05) is 12.4 Å². The highest BCUT2D eigenvalue weighted by Gasteiger charge is 2.28. The number of nitrogens with zero attached hydrogens (tertiary/aromatic N) is 2. The van der Waals surface area contributed by atoms with E-state index in [2.05, 4.69) is 14.7 Å². The molecule has 106 valence electrons. The number of benzene rings is 1. The van der Waals surface area contributed by atoms with Gasteiger partial charge >= 0.3 is 0 Å². The molecule has 0 spiro atoms.